The minimum absolute atomic E-state index is 0. The molecule has 0 radical (unpaired) electrons. The molecule has 0 aromatic rings. The molecule has 1 rings (SSSR count). The average molecular weight is 340 g/mol. The molecule has 0 aromatic carbocycles. The Morgan fingerprint density at radius 3 is 2.50 bits per heavy atom. The van der Waals surface area contributed by atoms with Gasteiger partial charge in [0.1, 0.15) is 0 Å². The first-order chi connectivity index (χ1) is 7.24. The molecule has 0 spiro atoms. The Morgan fingerprint density at radius 1 is 1.31 bits per heavy atom. The van der Waals surface area contributed by atoms with Crippen molar-refractivity contribution in [2.75, 3.05) is 39.8 Å². The van der Waals surface area contributed by atoms with Crippen LogP contribution in [0.3, 0.4) is 0 Å². The standard InChI is InChI=1S/C11H24N4.HI/c1-3-14(2)10-7-13-11(12)15-8-5-4-6-9-15;/h3-10H2,1-2H3,(H2,12,13);1H. The second-order valence-electron chi connectivity index (χ2n) is 4.18. The highest BCUT2D eigenvalue weighted by Crippen LogP contribution is 2.07. The third kappa shape index (κ3) is 5.89. The minimum atomic E-state index is 0. The molecule has 0 aromatic heterocycles. The van der Waals surface area contributed by atoms with Gasteiger partial charge in [-0.25, -0.2) is 0 Å². The Morgan fingerprint density at radius 2 is 1.94 bits per heavy atom. The summed E-state index contributed by atoms with van der Waals surface area (Å²) < 4.78 is 0. The van der Waals surface area contributed by atoms with Crippen LogP contribution in [0.2, 0.25) is 0 Å². The number of piperidine rings is 1. The van der Waals surface area contributed by atoms with E-state index < -0.39 is 0 Å². The van der Waals surface area contributed by atoms with Crippen LogP contribution in [0.1, 0.15) is 26.2 Å². The van der Waals surface area contributed by atoms with E-state index in [1.807, 2.05) is 0 Å². The predicted molar refractivity (Wildman–Crippen MR) is 80.5 cm³/mol. The highest BCUT2D eigenvalue weighted by atomic mass is 127. The summed E-state index contributed by atoms with van der Waals surface area (Å²) in [5, 5.41) is 0. The van der Waals surface area contributed by atoms with E-state index in [4.69, 9.17) is 5.73 Å². The van der Waals surface area contributed by atoms with Crippen LogP contribution in [0, 0.1) is 0 Å². The van der Waals surface area contributed by atoms with Crippen molar-refractivity contribution in [2.45, 2.75) is 26.2 Å². The molecule has 0 bridgehead atoms. The lowest BCUT2D eigenvalue weighted by atomic mass is 10.1. The van der Waals surface area contributed by atoms with Gasteiger partial charge < -0.3 is 15.5 Å². The van der Waals surface area contributed by atoms with Crippen molar-refractivity contribution >= 4 is 29.9 Å². The normalized spacial score (nSPS) is 17.4. The fourth-order valence-corrected chi connectivity index (χ4v) is 1.72. The van der Waals surface area contributed by atoms with Gasteiger partial charge in [0.15, 0.2) is 5.96 Å². The van der Waals surface area contributed by atoms with Crippen molar-refractivity contribution in [1.82, 2.24) is 9.80 Å². The molecule has 4 nitrogen and oxygen atoms in total. The van der Waals surface area contributed by atoms with E-state index >= 15 is 0 Å². The first-order valence-corrected chi connectivity index (χ1v) is 5.97. The lowest BCUT2D eigenvalue weighted by Crippen LogP contribution is -2.41. The summed E-state index contributed by atoms with van der Waals surface area (Å²) in [6.45, 7) is 7.19. The average Bonchev–Trinajstić information content (AvgIpc) is 2.29. The van der Waals surface area contributed by atoms with Crippen LogP contribution >= 0.6 is 24.0 Å². The van der Waals surface area contributed by atoms with Gasteiger partial charge in [0.25, 0.3) is 0 Å². The van der Waals surface area contributed by atoms with Crippen LogP contribution in [-0.2, 0) is 0 Å². The predicted octanol–water partition coefficient (Wildman–Crippen LogP) is 1.36. The highest BCUT2D eigenvalue weighted by molar-refractivity contribution is 14.0. The number of nitrogens with zero attached hydrogens (tertiary/aromatic N) is 3. The molecular weight excluding hydrogens is 315 g/mol. The van der Waals surface area contributed by atoms with Crippen molar-refractivity contribution < 1.29 is 0 Å². The van der Waals surface area contributed by atoms with E-state index in [2.05, 4.69) is 28.8 Å². The number of hydrogen-bond donors (Lipinski definition) is 1. The van der Waals surface area contributed by atoms with Crippen LogP contribution in [0.25, 0.3) is 0 Å². The van der Waals surface area contributed by atoms with Gasteiger partial charge in [0, 0.05) is 19.6 Å². The third-order valence-electron chi connectivity index (χ3n) is 2.98. The van der Waals surface area contributed by atoms with Crippen molar-refractivity contribution in [2.24, 2.45) is 10.7 Å². The van der Waals surface area contributed by atoms with Gasteiger partial charge in [-0.3, -0.25) is 4.99 Å². The van der Waals surface area contributed by atoms with Crippen molar-refractivity contribution in [1.29, 1.82) is 0 Å². The summed E-state index contributed by atoms with van der Waals surface area (Å²) in [4.78, 5) is 8.86. The molecule has 1 aliphatic rings. The molecule has 5 heteroatoms. The lowest BCUT2D eigenvalue weighted by Gasteiger charge is -2.27. The van der Waals surface area contributed by atoms with E-state index in [1.165, 1.54) is 19.3 Å². The number of likely N-dealkylation sites (N-methyl/N-ethyl adjacent to an activating group) is 1. The molecule has 1 fully saturated rings. The van der Waals surface area contributed by atoms with Gasteiger partial charge in [-0.05, 0) is 32.9 Å². The van der Waals surface area contributed by atoms with Crippen molar-refractivity contribution in [3.8, 4) is 0 Å². The monoisotopic (exact) mass is 340 g/mol. The number of aliphatic imine (C=N–C) groups is 1. The fourth-order valence-electron chi connectivity index (χ4n) is 1.72. The Kier molecular flexibility index (Phi) is 9.02. The zero-order valence-corrected chi connectivity index (χ0v) is 12.8. The maximum absolute atomic E-state index is 5.93. The van der Waals surface area contributed by atoms with Gasteiger partial charge in [0.2, 0.25) is 0 Å². The number of guanidine groups is 1. The highest BCUT2D eigenvalue weighted by Gasteiger charge is 2.11. The molecule has 16 heavy (non-hydrogen) atoms. The van der Waals surface area contributed by atoms with Crippen molar-refractivity contribution in [3.63, 3.8) is 0 Å². The van der Waals surface area contributed by atoms with E-state index in [0.717, 1.165) is 38.7 Å². The molecule has 1 heterocycles. The molecule has 2 N–H and O–H groups in total. The van der Waals surface area contributed by atoms with Gasteiger partial charge >= 0.3 is 0 Å². The molecule has 0 amide bonds. The summed E-state index contributed by atoms with van der Waals surface area (Å²) in [7, 11) is 2.10. The Bertz CT molecular complexity index is 202. The number of halogens is 1. The number of hydrogen-bond acceptors (Lipinski definition) is 2. The van der Waals surface area contributed by atoms with E-state index in [-0.39, 0.29) is 24.0 Å². The molecule has 0 saturated carbocycles. The maximum Gasteiger partial charge on any atom is 0.191 e. The SMILES string of the molecule is CCN(C)CCN=C(N)N1CCCCC1.I. The van der Waals surface area contributed by atoms with E-state index in [9.17, 15) is 0 Å². The molecule has 0 atom stereocenters. The third-order valence-corrected chi connectivity index (χ3v) is 2.98. The van der Waals surface area contributed by atoms with E-state index in [1.54, 1.807) is 0 Å². The van der Waals surface area contributed by atoms with Crippen LogP contribution in [0.5, 0.6) is 0 Å². The zero-order chi connectivity index (χ0) is 11.1. The summed E-state index contributed by atoms with van der Waals surface area (Å²) in [5.74, 6) is 0.735. The van der Waals surface area contributed by atoms with Crippen LogP contribution in [0.15, 0.2) is 4.99 Å². The summed E-state index contributed by atoms with van der Waals surface area (Å²) in [6, 6.07) is 0. The fraction of sp³-hybridized carbons (Fsp3) is 0.909. The molecule has 96 valence electrons. The summed E-state index contributed by atoms with van der Waals surface area (Å²) >= 11 is 0. The zero-order valence-electron chi connectivity index (χ0n) is 10.5. The first-order valence-electron chi connectivity index (χ1n) is 5.97. The van der Waals surface area contributed by atoms with E-state index in [0.29, 0.717) is 0 Å². The lowest BCUT2D eigenvalue weighted by molar-refractivity contribution is 0.334. The van der Waals surface area contributed by atoms with Crippen LogP contribution in [0.4, 0.5) is 0 Å². The smallest absolute Gasteiger partial charge is 0.191 e. The number of rotatable bonds is 4. The Hall–Kier alpha value is -0.0400. The quantitative estimate of drug-likeness (QED) is 0.478. The maximum atomic E-state index is 5.93. The van der Waals surface area contributed by atoms with Gasteiger partial charge in [-0.15, -0.1) is 24.0 Å². The van der Waals surface area contributed by atoms with Crippen molar-refractivity contribution in [3.05, 3.63) is 0 Å². The second kappa shape index (κ2) is 9.04. The summed E-state index contributed by atoms with van der Waals surface area (Å²) in [5.41, 5.74) is 5.93. The molecular formula is C11H25IN4. The van der Waals surface area contributed by atoms with Crippen LogP contribution in [-0.4, -0.2) is 55.5 Å². The summed E-state index contributed by atoms with van der Waals surface area (Å²) in [6.07, 6.45) is 3.85. The molecule has 0 aliphatic carbocycles. The number of nitrogens with two attached hydrogens (primary N) is 1. The second-order valence-corrected chi connectivity index (χ2v) is 4.18. The Labute approximate surface area is 116 Å². The minimum Gasteiger partial charge on any atom is -0.370 e. The van der Waals surface area contributed by atoms with Gasteiger partial charge in [0.05, 0.1) is 6.54 Å². The first kappa shape index (κ1) is 16.0. The number of likely N-dealkylation sites (tertiary alicyclic amines) is 1. The van der Waals surface area contributed by atoms with Gasteiger partial charge in [-0.1, -0.05) is 6.92 Å². The molecule has 1 aliphatic heterocycles. The molecule has 1 saturated heterocycles. The van der Waals surface area contributed by atoms with Gasteiger partial charge in [-0.2, -0.15) is 0 Å². The Balaban J connectivity index is 0.00000225. The van der Waals surface area contributed by atoms with Crippen LogP contribution < -0.4 is 5.73 Å². The molecule has 0 unspecified atom stereocenters. The largest absolute Gasteiger partial charge is 0.370 e. The topological polar surface area (TPSA) is 44.9 Å².